The van der Waals surface area contributed by atoms with Crippen LogP contribution < -0.4 is 0 Å². The Hall–Kier alpha value is -1.66. The van der Waals surface area contributed by atoms with Crippen molar-refractivity contribution in [2.75, 3.05) is 40.5 Å². The van der Waals surface area contributed by atoms with E-state index in [0.29, 0.717) is 24.4 Å². The summed E-state index contributed by atoms with van der Waals surface area (Å²) in [6, 6.07) is -0.164. The normalized spacial score (nSPS) is 25.5. The number of carbonyl (C=O) groups is 2. The maximum atomic E-state index is 12.4. The van der Waals surface area contributed by atoms with E-state index in [1.54, 1.807) is 0 Å². The fourth-order valence-corrected chi connectivity index (χ4v) is 3.73. The van der Waals surface area contributed by atoms with Crippen LogP contribution in [0.25, 0.3) is 0 Å². The van der Waals surface area contributed by atoms with E-state index in [2.05, 4.69) is 4.90 Å². The molecule has 120 valence electrons. The predicted molar refractivity (Wildman–Crippen MR) is 78.1 cm³/mol. The van der Waals surface area contributed by atoms with E-state index in [9.17, 15) is 9.59 Å². The second-order valence-corrected chi connectivity index (χ2v) is 5.68. The highest BCUT2D eigenvalue weighted by molar-refractivity contribution is 6.07. The van der Waals surface area contributed by atoms with Crippen molar-refractivity contribution < 1.29 is 23.8 Å². The van der Waals surface area contributed by atoms with Crippen molar-refractivity contribution in [2.24, 2.45) is 0 Å². The van der Waals surface area contributed by atoms with Gasteiger partial charge in [0.2, 0.25) is 0 Å². The molecule has 0 aromatic heterocycles. The Morgan fingerprint density at radius 2 is 1.77 bits per heavy atom. The van der Waals surface area contributed by atoms with E-state index in [1.165, 1.54) is 19.8 Å². The number of ether oxygens (including phenoxy) is 3. The average molecular weight is 307 g/mol. The molecule has 6 heteroatoms. The molecule has 2 aliphatic carbocycles. The minimum Gasteiger partial charge on any atom is -0.466 e. The second kappa shape index (κ2) is 6.22. The summed E-state index contributed by atoms with van der Waals surface area (Å²) in [6.45, 7) is 2.77. The third kappa shape index (κ3) is 2.36. The van der Waals surface area contributed by atoms with Gasteiger partial charge in [0.05, 0.1) is 44.6 Å². The molecule has 3 aliphatic rings. The number of rotatable bonds is 3. The number of methoxy groups -OCH3 is 2. The minimum absolute atomic E-state index is 0.164. The molecular formula is C16H21NO5. The molecular weight excluding hydrogens is 286 g/mol. The molecule has 1 aliphatic heterocycles. The molecule has 1 saturated heterocycles. The first kappa shape index (κ1) is 15.2. The fourth-order valence-electron chi connectivity index (χ4n) is 3.73. The van der Waals surface area contributed by atoms with E-state index in [1.807, 2.05) is 0 Å². The Balaban J connectivity index is 2.06. The van der Waals surface area contributed by atoms with Gasteiger partial charge in [0.1, 0.15) is 0 Å². The van der Waals surface area contributed by atoms with Gasteiger partial charge in [0.15, 0.2) is 0 Å². The van der Waals surface area contributed by atoms with Gasteiger partial charge < -0.3 is 14.2 Å². The van der Waals surface area contributed by atoms with Crippen LogP contribution in [0.3, 0.4) is 0 Å². The first-order valence-electron chi connectivity index (χ1n) is 7.64. The summed E-state index contributed by atoms with van der Waals surface area (Å²) in [4.78, 5) is 26.8. The minimum atomic E-state index is -0.439. The molecule has 0 radical (unpaired) electrons. The number of nitrogens with zero attached hydrogens (tertiary/aromatic N) is 1. The van der Waals surface area contributed by atoms with Crippen molar-refractivity contribution in [2.45, 2.75) is 25.3 Å². The van der Waals surface area contributed by atoms with Gasteiger partial charge in [-0.15, -0.1) is 0 Å². The smallest absolute Gasteiger partial charge is 0.338 e. The van der Waals surface area contributed by atoms with E-state index in [-0.39, 0.29) is 6.04 Å². The Labute approximate surface area is 129 Å². The van der Waals surface area contributed by atoms with E-state index in [0.717, 1.165) is 37.9 Å². The van der Waals surface area contributed by atoms with Crippen LogP contribution in [0.15, 0.2) is 22.3 Å². The third-order valence-corrected chi connectivity index (χ3v) is 4.64. The zero-order valence-corrected chi connectivity index (χ0v) is 13.0. The van der Waals surface area contributed by atoms with Crippen LogP contribution in [0.2, 0.25) is 0 Å². The standard InChI is InChI=1S/C16H21NO5/c1-20-15(18)12-10-4-3-5-11(10)14(13(12)16(19)21-2)17-6-8-22-9-7-17/h14H,3-9H2,1-2H3. The second-order valence-electron chi connectivity index (χ2n) is 5.68. The summed E-state index contributed by atoms with van der Waals surface area (Å²) in [7, 11) is 2.70. The van der Waals surface area contributed by atoms with Gasteiger partial charge in [0, 0.05) is 13.1 Å². The zero-order valence-electron chi connectivity index (χ0n) is 13.0. The van der Waals surface area contributed by atoms with Gasteiger partial charge >= 0.3 is 11.9 Å². The van der Waals surface area contributed by atoms with Gasteiger partial charge in [-0.1, -0.05) is 0 Å². The van der Waals surface area contributed by atoms with Gasteiger partial charge in [0.25, 0.3) is 0 Å². The molecule has 6 nitrogen and oxygen atoms in total. The molecule has 0 N–H and O–H groups in total. The molecule has 3 rings (SSSR count). The molecule has 1 fully saturated rings. The molecule has 0 amide bonds. The van der Waals surface area contributed by atoms with E-state index >= 15 is 0 Å². The lowest BCUT2D eigenvalue weighted by molar-refractivity contribution is -0.139. The van der Waals surface area contributed by atoms with Gasteiger partial charge in [-0.25, -0.2) is 9.59 Å². The summed E-state index contributed by atoms with van der Waals surface area (Å²) in [5, 5.41) is 0. The lowest BCUT2D eigenvalue weighted by atomic mass is 9.98. The lowest BCUT2D eigenvalue weighted by Crippen LogP contribution is -2.46. The largest absolute Gasteiger partial charge is 0.466 e. The first-order chi connectivity index (χ1) is 10.7. The maximum Gasteiger partial charge on any atom is 0.338 e. The highest BCUT2D eigenvalue weighted by atomic mass is 16.5. The molecule has 1 heterocycles. The Kier molecular flexibility index (Phi) is 4.31. The first-order valence-corrected chi connectivity index (χ1v) is 7.64. The SMILES string of the molecule is COC(=O)C1=C(C(=O)OC)C(N2CCOCC2)C2=C1CCC2. The third-order valence-electron chi connectivity index (χ3n) is 4.64. The molecule has 0 saturated carbocycles. The van der Waals surface area contributed by atoms with Crippen molar-refractivity contribution >= 4 is 11.9 Å². The van der Waals surface area contributed by atoms with Crippen LogP contribution >= 0.6 is 0 Å². The van der Waals surface area contributed by atoms with E-state index < -0.39 is 11.9 Å². The van der Waals surface area contributed by atoms with Gasteiger partial charge in [-0.05, 0) is 30.4 Å². The highest BCUT2D eigenvalue weighted by Crippen LogP contribution is 2.45. The van der Waals surface area contributed by atoms with Crippen molar-refractivity contribution in [1.29, 1.82) is 0 Å². The van der Waals surface area contributed by atoms with Crippen LogP contribution in [0.5, 0.6) is 0 Å². The van der Waals surface area contributed by atoms with Crippen molar-refractivity contribution in [1.82, 2.24) is 4.90 Å². The monoisotopic (exact) mass is 307 g/mol. The number of hydrogen-bond donors (Lipinski definition) is 0. The van der Waals surface area contributed by atoms with Gasteiger partial charge in [-0.3, -0.25) is 4.90 Å². The van der Waals surface area contributed by atoms with Crippen molar-refractivity contribution in [3.8, 4) is 0 Å². The summed E-state index contributed by atoms with van der Waals surface area (Å²) in [6.07, 6.45) is 2.75. The van der Waals surface area contributed by atoms with E-state index in [4.69, 9.17) is 14.2 Å². The summed E-state index contributed by atoms with van der Waals surface area (Å²) in [5.41, 5.74) is 3.05. The summed E-state index contributed by atoms with van der Waals surface area (Å²) >= 11 is 0. The topological polar surface area (TPSA) is 65.1 Å². The lowest BCUT2D eigenvalue weighted by Gasteiger charge is -2.34. The fraction of sp³-hybridized carbons (Fsp3) is 0.625. The van der Waals surface area contributed by atoms with Gasteiger partial charge in [-0.2, -0.15) is 0 Å². The van der Waals surface area contributed by atoms with Crippen molar-refractivity contribution in [3.63, 3.8) is 0 Å². The Bertz CT molecular complexity index is 557. The van der Waals surface area contributed by atoms with Crippen LogP contribution in [0, 0.1) is 0 Å². The van der Waals surface area contributed by atoms with Crippen molar-refractivity contribution in [3.05, 3.63) is 22.3 Å². The number of morpholine rings is 1. The maximum absolute atomic E-state index is 12.4. The molecule has 0 spiro atoms. The predicted octanol–water partition coefficient (Wildman–Crippen LogP) is 0.824. The van der Waals surface area contributed by atoms with Crippen LogP contribution in [0.4, 0.5) is 0 Å². The molecule has 22 heavy (non-hydrogen) atoms. The molecule has 1 unspecified atom stereocenters. The molecule has 0 aromatic rings. The zero-order chi connectivity index (χ0) is 15.7. The Morgan fingerprint density at radius 3 is 2.41 bits per heavy atom. The quantitative estimate of drug-likeness (QED) is 0.719. The summed E-state index contributed by atoms with van der Waals surface area (Å²) in [5.74, 6) is -0.878. The van der Waals surface area contributed by atoms with Crippen LogP contribution in [-0.2, 0) is 23.8 Å². The number of carbonyl (C=O) groups excluding carboxylic acids is 2. The van der Waals surface area contributed by atoms with Crippen LogP contribution in [-0.4, -0.2) is 63.4 Å². The van der Waals surface area contributed by atoms with Crippen LogP contribution in [0.1, 0.15) is 19.3 Å². The Morgan fingerprint density at radius 1 is 1.09 bits per heavy atom. The molecule has 0 bridgehead atoms. The number of hydrogen-bond acceptors (Lipinski definition) is 6. The number of esters is 2. The summed E-state index contributed by atoms with van der Waals surface area (Å²) < 4.78 is 15.3. The average Bonchev–Trinajstić information content (AvgIpc) is 3.13. The highest BCUT2D eigenvalue weighted by Gasteiger charge is 2.45. The molecule has 1 atom stereocenters. The molecule has 0 aromatic carbocycles.